The summed E-state index contributed by atoms with van der Waals surface area (Å²) in [4.78, 5) is 12.3. The lowest BCUT2D eigenvalue weighted by Crippen LogP contribution is -2.35. The van der Waals surface area contributed by atoms with Crippen LogP contribution in [0.3, 0.4) is 0 Å². The average Bonchev–Trinajstić information content (AvgIpc) is 3.37. The number of ether oxygens (including phenoxy) is 3. The number of hydrogen-bond donors (Lipinski definition) is 1. The lowest BCUT2D eigenvalue weighted by atomic mass is 9.99. The van der Waals surface area contributed by atoms with Crippen LogP contribution in [0.4, 0.5) is 0 Å². The van der Waals surface area contributed by atoms with Gasteiger partial charge in [-0.25, -0.2) is 0 Å². The van der Waals surface area contributed by atoms with E-state index in [1.54, 1.807) is 33.5 Å². The van der Waals surface area contributed by atoms with Crippen molar-refractivity contribution in [2.75, 3.05) is 20.8 Å². The van der Waals surface area contributed by atoms with E-state index in [4.69, 9.17) is 25.8 Å². The molecule has 8 heteroatoms. The second kappa shape index (κ2) is 8.28. The highest BCUT2D eigenvalue weighted by Crippen LogP contribution is 2.42. The van der Waals surface area contributed by atoms with Gasteiger partial charge in [0.05, 0.1) is 25.8 Å². The summed E-state index contributed by atoms with van der Waals surface area (Å²) in [5, 5.41) is 7.43. The molecule has 0 saturated heterocycles. The van der Waals surface area contributed by atoms with E-state index in [0.717, 1.165) is 28.2 Å². The molecule has 156 valence electrons. The zero-order chi connectivity index (χ0) is 21.3. The summed E-state index contributed by atoms with van der Waals surface area (Å²) in [6.45, 7) is 0.368. The number of nitrogens with one attached hydrogen (secondary N) is 1. The Labute approximate surface area is 179 Å². The van der Waals surface area contributed by atoms with Gasteiger partial charge in [0.2, 0.25) is 0 Å². The molecule has 0 fully saturated rings. The molecule has 1 aliphatic heterocycles. The van der Waals surface area contributed by atoms with Crippen LogP contribution < -0.4 is 19.5 Å². The molecule has 3 aromatic rings. The summed E-state index contributed by atoms with van der Waals surface area (Å²) < 4.78 is 18.4. The van der Waals surface area contributed by atoms with Crippen LogP contribution in [0, 0.1) is 0 Å². The number of amides is 1. The van der Waals surface area contributed by atoms with Crippen LogP contribution in [0.2, 0.25) is 5.02 Å². The van der Waals surface area contributed by atoms with Gasteiger partial charge in [0.1, 0.15) is 29.0 Å². The minimum atomic E-state index is -0.197. The number of hydrogen-bond acceptors (Lipinski definition) is 5. The van der Waals surface area contributed by atoms with Crippen molar-refractivity contribution in [2.45, 2.75) is 12.5 Å². The molecule has 0 saturated carbocycles. The van der Waals surface area contributed by atoms with E-state index in [0.29, 0.717) is 29.4 Å². The van der Waals surface area contributed by atoms with Crippen LogP contribution in [0.15, 0.2) is 42.6 Å². The minimum Gasteiger partial charge on any atom is -0.497 e. The van der Waals surface area contributed by atoms with Gasteiger partial charge < -0.3 is 19.5 Å². The van der Waals surface area contributed by atoms with E-state index < -0.39 is 0 Å². The molecular weight excluding hydrogens is 406 g/mol. The van der Waals surface area contributed by atoms with E-state index in [-0.39, 0.29) is 12.0 Å². The number of nitrogens with zero attached hydrogens (tertiary/aromatic N) is 2. The maximum atomic E-state index is 12.3. The van der Waals surface area contributed by atoms with Crippen molar-refractivity contribution in [1.29, 1.82) is 0 Å². The number of fused-ring (bicyclic) bond motifs is 1. The van der Waals surface area contributed by atoms with Crippen LogP contribution in [0.1, 0.15) is 16.1 Å². The Morgan fingerprint density at radius 2 is 2.10 bits per heavy atom. The number of benzene rings is 2. The Kier molecular flexibility index (Phi) is 5.55. The van der Waals surface area contributed by atoms with Crippen molar-refractivity contribution in [3.63, 3.8) is 0 Å². The zero-order valence-electron chi connectivity index (χ0n) is 16.9. The first-order valence-electron chi connectivity index (χ1n) is 9.48. The number of aromatic nitrogens is 2. The highest BCUT2D eigenvalue weighted by molar-refractivity contribution is 6.32. The summed E-state index contributed by atoms with van der Waals surface area (Å²) >= 11 is 6.53. The largest absolute Gasteiger partial charge is 0.497 e. The SMILES string of the molecule is COc1ccc(OC)c(-c2cc(Cl)c3c(c2)CC(CNC(=O)c2ccnn2C)O3)c1. The highest BCUT2D eigenvalue weighted by atomic mass is 35.5. The molecular formula is C22H22ClN3O4. The Bertz CT molecular complexity index is 1100. The van der Waals surface area contributed by atoms with Gasteiger partial charge in [-0.3, -0.25) is 9.48 Å². The highest BCUT2D eigenvalue weighted by Gasteiger charge is 2.27. The standard InChI is InChI=1S/C22H22ClN3O4/c1-26-19(6-7-25-26)22(27)24-12-16-9-14-8-13(10-18(23)21(14)30-16)17-11-15(28-2)4-5-20(17)29-3/h4-8,10-11,16H,9,12H2,1-3H3,(H,24,27). The van der Waals surface area contributed by atoms with Crippen molar-refractivity contribution in [3.8, 4) is 28.4 Å². The molecule has 2 aromatic carbocycles. The minimum absolute atomic E-state index is 0.192. The van der Waals surface area contributed by atoms with E-state index in [2.05, 4.69) is 10.4 Å². The molecule has 1 aromatic heterocycles. The number of halogens is 1. The fraction of sp³-hybridized carbons (Fsp3) is 0.273. The van der Waals surface area contributed by atoms with Gasteiger partial charge in [0, 0.05) is 30.8 Å². The molecule has 1 unspecified atom stereocenters. The molecule has 7 nitrogen and oxygen atoms in total. The Morgan fingerprint density at radius 1 is 1.27 bits per heavy atom. The molecule has 2 heterocycles. The number of carbonyl (C=O) groups is 1. The van der Waals surface area contributed by atoms with Gasteiger partial charge in [0.15, 0.2) is 0 Å². The molecule has 1 aliphatic rings. The third-order valence-electron chi connectivity index (χ3n) is 5.11. The van der Waals surface area contributed by atoms with Crippen molar-refractivity contribution >= 4 is 17.5 Å². The maximum absolute atomic E-state index is 12.3. The average molecular weight is 428 g/mol. The predicted molar refractivity (Wildman–Crippen MR) is 114 cm³/mol. The van der Waals surface area contributed by atoms with Gasteiger partial charge in [-0.2, -0.15) is 5.10 Å². The Morgan fingerprint density at radius 3 is 2.80 bits per heavy atom. The Balaban J connectivity index is 1.53. The molecule has 1 amide bonds. The van der Waals surface area contributed by atoms with Crippen LogP contribution in [-0.4, -0.2) is 42.6 Å². The first-order valence-corrected chi connectivity index (χ1v) is 9.85. The van der Waals surface area contributed by atoms with Crippen LogP contribution in [0.25, 0.3) is 11.1 Å². The van der Waals surface area contributed by atoms with Gasteiger partial charge in [-0.1, -0.05) is 11.6 Å². The first-order chi connectivity index (χ1) is 14.5. The number of aryl methyl sites for hydroxylation is 1. The lowest BCUT2D eigenvalue weighted by molar-refractivity contribution is 0.0924. The van der Waals surface area contributed by atoms with Crippen LogP contribution in [-0.2, 0) is 13.5 Å². The van der Waals surface area contributed by atoms with E-state index in [1.807, 2.05) is 30.3 Å². The van der Waals surface area contributed by atoms with Gasteiger partial charge in [-0.05, 0) is 42.0 Å². The third-order valence-corrected chi connectivity index (χ3v) is 5.39. The quantitative estimate of drug-likeness (QED) is 0.651. The topological polar surface area (TPSA) is 74.6 Å². The fourth-order valence-corrected chi connectivity index (χ4v) is 3.87. The molecule has 0 aliphatic carbocycles. The number of methoxy groups -OCH3 is 2. The first kappa shape index (κ1) is 20.1. The fourth-order valence-electron chi connectivity index (χ4n) is 3.59. The van der Waals surface area contributed by atoms with E-state index in [1.165, 1.54) is 4.68 Å². The van der Waals surface area contributed by atoms with Crippen molar-refractivity contribution in [2.24, 2.45) is 7.05 Å². The summed E-state index contributed by atoms with van der Waals surface area (Å²) in [6.07, 6.45) is 2.03. The van der Waals surface area contributed by atoms with Gasteiger partial charge in [0.25, 0.3) is 5.91 Å². The molecule has 1 atom stereocenters. The number of rotatable bonds is 6. The molecule has 1 N–H and O–H groups in total. The van der Waals surface area contributed by atoms with Gasteiger partial charge in [-0.15, -0.1) is 0 Å². The monoisotopic (exact) mass is 427 g/mol. The summed E-state index contributed by atoms with van der Waals surface area (Å²) in [5.74, 6) is 1.92. The van der Waals surface area contributed by atoms with E-state index in [9.17, 15) is 4.79 Å². The molecule has 4 rings (SSSR count). The van der Waals surface area contributed by atoms with E-state index >= 15 is 0 Å². The molecule has 0 radical (unpaired) electrons. The third kappa shape index (κ3) is 3.80. The van der Waals surface area contributed by atoms with Crippen LogP contribution in [0.5, 0.6) is 17.2 Å². The van der Waals surface area contributed by atoms with Crippen molar-refractivity contribution in [1.82, 2.24) is 15.1 Å². The molecule has 0 spiro atoms. The van der Waals surface area contributed by atoms with Crippen LogP contribution >= 0.6 is 11.6 Å². The zero-order valence-corrected chi connectivity index (χ0v) is 17.7. The lowest BCUT2D eigenvalue weighted by Gasteiger charge is -2.13. The second-order valence-electron chi connectivity index (χ2n) is 7.01. The van der Waals surface area contributed by atoms with Gasteiger partial charge >= 0.3 is 0 Å². The second-order valence-corrected chi connectivity index (χ2v) is 7.41. The summed E-state index contributed by atoms with van der Waals surface area (Å²) in [5.41, 5.74) is 3.28. The Hall–Kier alpha value is -3.19. The van der Waals surface area contributed by atoms with Crippen molar-refractivity contribution in [3.05, 3.63) is 58.9 Å². The van der Waals surface area contributed by atoms with Crippen molar-refractivity contribution < 1.29 is 19.0 Å². The summed E-state index contributed by atoms with van der Waals surface area (Å²) in [6, 6.07) is 11.2. The summed E-state index contributed by atoms with van der Waals surface area (Å²) in [7, 11) is 4.98. The molecule has 0 bridgehead atoms. The number of carbonyl (C=O) groups excluding carboxylic acids is 1. The smallest absolute Gasteiger partial charge is 0.269 e. The molecule has 30 heavy (non-hydrogen) atoms. The maximum Gasteiger partial charge on any atom is 0.269 e. The normalized spacial score (nSPS) is 14.7. The predicted octanol–water partition coefficient (Wildman–Crippen LogP) is 3.49.